The fraction of sp³-hybridized carbons (Fsp3) is 0.432. The van der Waals surface area contributed by atoms with Crippen molar-refractivity contribution in [2.75, 3.05) is 45.8 Å². The molecule has 0 aromatic heterocycles. The molecule has 0 bridgehead atoms. The van der Waals surface area contributed by atoms with Gasteiger partial charge in [0.15, 0.2) is 11.5 Å². The number of hydrogen-bond donors (Lipinski definition) is 3. The molecule has 1 aliphatic rings. The summed E-state index contributed by atoms with van der Waals surface area (Å²) >= 11 is 1.63. The van der Waals surface area contributed by atoms with Crippen molar-refractivity contribution >= 4 is 29.3 Å². The number of amides is 2. The summed E-state index contributed by atoms with van der Waals surface area (Å²) < 4.78 is 22.5. The third-order valence-corrected chi connectivity index (χ3v) is 9.26. The molecule has 0 aliphatic heterocycles. The fourth-order valence-corrected chi connectivity index (χ4v) is 6.69. The third kappa shape index (κ3) is 8.18. The molecular formula is C37H47N3O7S. The maximum absolute atomic E-state index is 14.0. The number of ether oxygens (including phenoxy) is 4. The smallest absolute Gasteiger partial charge is 0.243 e. The first kappa shape index (κ1) is 36.5. The molecular weight excluding hydrogens is 630 g/mol. The third-order valence-electron chi connectivity index (χ3n) is 8.61. The lowest BCUT2D eigenvalue weighted by atomic mass is 9.95. The largest absolute Gasteiger partial charge is 0.497 e. The summed E-state index contributed by atoms with van der Waals surface area (Å²) in [6.07, 6.45) is 3.63. The predicted octanol–water partition coefficient (Wildman–Crippen LogP) is 5.92. The van der Waals surface area contributed by atoms with Gasteiger partial charge >= 0.3 is 0 Å². The van der Waals surface area contributed by atoms with Gasteiger partial charge < -0.3 is 34.9 Å². The van der Waals surface area contributed by atoms with Crippen molar-refractivity contribution in [3.63, 3.8) is 0 Å². The number of benzene rings is 2. The van der Waals surface area contributed by atoms with Gasteiger partial charge in [-0.3, -0.25) is 14.4 Å². The van der Waals surface area contributed by atoms with Gasteiger partial charge in [-0.15, -0.1) is 0 Å². The monoisotopic (exact) mass is 677 g/mol. The topological polar surface area (TPSA) is 124 Å². The molecule has 1 unspecified atom stereocenters. The molecule has 258 valence electrons. The highest BCUT2D eigenvalue weighted by atomic mass is 32.2. The normalized spacial score (nSPS) is 14.8. The summed E-state index contributed by atoms with van der Waals surface area (Å²) in [6, 6.07) is 13.3. The van der Waals surface area contributed by atoms with Crippen molar-refractivity contribution in [1.29, 1.82) is 0 Å². The van der Waals surface area contributed by atoms with E-state index < -0.39 is 12.1 Å². The molecule has 1 aliphatic carbocycles. The minimum absolute atomic E-state index is 0.111. The molecule has 3 atom stereocenters. The maximum Gasteiger partial charge on any atom is 0.243 e. The van der Waals surface area contributed by atoms with Crippen LogP contribution in [0.4, 0.5) is 5.69 Å². The number of fused-ring (bicyclic) bond motifs is 3. The molecule has 0 heterocycles. The van der Waals surface area contributed by atoms with Crippen molar-refractivity contribution < 1.29 is 28.5 Å². The first-order valence-electron chi connectivity index (χ1n) is 16.0. The van der Waals surface area contributed by atoms with Crippen LogP contribution in [0.2, 0.25) is 0 Å². The quantitative estimate of drug-likeness (QED) is 0.191. The van der Waals surface area contributed by atoms with Crippen molar-refractivity contribution in [1.82, 2.24) is 10.6 Å². The van der Waals surface area contributed by atoms with Crippen LogP contribution in [0, 0.1) is 5.92 Å². The average Bonchev–Trinajstić information content (AvgIpc) is 3.32. The summed E-state index contributed by atoms with van der Waals surface area (Å²) in [5, 5.41) is 9.54. The van der Waals surface area contributed by atoms with Gasteiger partial charge in [-0.2, -0.15) is 11.8 Å². The van der Waals surface area contributed by atoms with Crippen LogP contribution in [-0.2, 0) is 16.0 Å². The molecule has 3 aromatic carbocycles. The van der Waals surface area contributed by atoms with Crippen molar-refractivity contribution in [3.05, 3.63) is 75.4 Å². The summed E-state index contributed by atoms with van der Waals surface area (Å²) in [4.78, 5) is 40.2. The van der Waals surface area contributed by atoms with Gasteiger partial charge in [-0.05, 0) is 89.8 Å². The Bertz CT molecular complexity index is 1660. The minimum Gasteiger partial charge on any atom is -0.497 e. The van der Waals surface area contributed by atoms with Crippen LogP contribution < -0.4 is 40.3 Å². The molecule has 3 N–H and O–H groups in total. The number of rotatable bonds is 14. The highest BCUT2D eigenvalue weighted by molar-refractivity contribution is 7.98. The zero-order chi connectivity index (χ0) is 35.0. The first-order valence-corrected chi connectivity index (χ1v) is 17.4. The van der Waals surface area contributed by atoms with E-state index in [-0.39, 0.29) is 34.9 Å². The van der Waals surface area contributed by atoms with Crippen LogP contribution in [0.15, 0.2) is 53.3 Å². The van der Waals surface area contributed by atoms with Crippen LogP contribution >= 0.6 is 11.8 Å². The number of anilines is 1. The van der Waals surface area contributed by atoms with Crippen LogP contribution in [0.25, 0.3) is 11.1 Å². The second-order valence-electron chi connectivity index (χ2n) is 12.1. The van der Waals surface area contributed by atoms with E-state index in [1.165, 1.54) is 6.92 Å². The van der Waals surface area contributed by atoms with Crippen molar-refractivity contribution in [3.8, 4) is 34.1 Å². The average molecular weight is 678 g/mol. The summed E-state index contributed by atoms with van der Waals surface area (Å²) in [5.41, 5.74) is 4.00. The SMILES string of the molecule is COc1ccc(C(NC(=O)[C@@H](CCSC)Nc2ccc3c(cc2=O)[C@H](NC(C)=O)CCc2cc(OC)c(OC)c(OC)c2-3)C(C)C)cc1. The second-order valence-corrected chi connectivity index (χ2v) is 13.1. The Morgan fingerprint density at radius 2 is 1.65 bits per heavy atom. The molecule has 48 heavy (non-hydrogen) atoms. The number of hydrogen-bond acceptors (Lipinski definition) is 9. The Kier molecular flexibility index (Phi) is 12.6. The molecule has 3 aromatic rings. The van der Waals surface area contributed by atoms with E-state index in [4.69, 9.17) is 18.9 Å². The number of carbonyl (C=O) groups is 2. The van der Waals surface area contributed by atoms with Crippen LogP contribution in [-0.4, -0.2) is 58.3 Å². The molecule has 0 fully saturated rings. The first-order chi connectivity index (χ1) is 23.1. The molecule has 10 nitrogen and oxygen atoms in total. The standard InChI is InChI=1S/C37H47N3O7S/c1-21(2)34(23-9-12-25(44-4)13-10-23)40-37(43)30(17-18-48-8)39-29-16-14-26-27(20-31(29)42)28(38-22(3)41)15-11-24-19-32(45-5)35(46-6)36(47-7)33(24)26/h9-10,12-14,16,19-21,28,30,34H,11,15,17-18H2,1-8H3,(H,38,41)(H,39,42)(H,40,43)/t28-,30-,34?/m1/s1. The Morgan fingerprint density at radius 1 is 0.938 bits per heavy atom. The molecule has 2 amide bonds. The molecule has 4 rings (SSSR count). The molecule has 0 spiro atoms. The Labute approximate surface area is 287 Å². The summed E-state index contributed by atoms with van der Waals surface area (Å²) in [5.74, 6) is 2.58. The lowest BCUT2D eigenvalue weighted by Crippen LogP contribution is -2.43. The van der Waals surface area contributed by atoms with E-state index in [9.17, 15) is 14.4 Å². The highest BCUT2D eigenvalue weighted by Crippen LogP contribution is 2.50. The van der Waals surface area contributed by atoms with Gasteiger partial charge in [0.05, 0.1) is 46.2 Å². The van der Waals surface area contributed by atoms with Gasteiger partial charge in [-0.1, -0.05) is 32.0 Å². The molecule has 11 heteroatoms. The number of nitrogens with one attached hydrogen (secondary N) is 3. The van der Waals surface area contributed by atoms with E-state index in [2.05, 4.69) is 29.8 Å². The fourth-order valence-electron chi connectivity index (χ4n) is 6.22. The zero-order valence-corrected chi connectivity index (χ0v) is 29.8. The Hall–Kier alpha value is -4.38. The maximum atomic E-state index is 14.0. The van der Waals surface area contributed by atoms with Gasteiger partial charge in [0, 0.05) is 12.5 Å². The lowest BCUT2D eigenvalue weighted by Gasteiger charge is -2.26. The van der Waals surface area contributed by atoms with Gasteiger partial charge in [0.1, 0.15) is 11.8 Å². The second kappa shape index (κ2) is 16.6. The zero-order valence-electron chi connectivity index (χ0n) is 29.0. The van der Waals surface area contributed by atoms with E-state index in [1.807, 2.05) is 42.7 Å². The predicted molar refractivity (Wildman–Crippen MR) is 192 cm³/mol. The summed E-state index contributed by atoms with van der Waals surface area (Å²) in [7, 11) is 6.30. The van der Waals surface area contributed by atoms with E-state index in [0.29, 0.717) is 53.4 Å². The highest BCUT2D eigenvalue weighted by Gasteiger charge is 2.30. The van der Waals surface area contributed by atoms with Crippen molar-refractivity contribution in [2.45, 2.75) is 58.2 Å². The number of carbonyl (C=O) groups excluding carboxylic acids is 2. The van der Waals surface area contributed by atoms with Crippen LogP contribution in [0.5, 0.6) is 23.0 Å². The Morgan fingerprint density at radius 3 is 2.23 bits per heavy atom. The van der Waals surface area contributed by atoms with Crippen molar-refractivity contribution in [2.24, 2.45) is 5.92 Å². The minimum atomic E-state index is -0.677. The summed E-state index contributed by atoms with van der Waals surface area (Å²) in [6.45, 7) is 5.58. The van der Waals surface area contributed by atoms with Crippen LogP contribution in [0.3, 0.4) is 0 Å². The van der Waals surface area contributed by atoms with Crippen LogP contribution in [0.1, 0.15) is 62.4 Å². The Balaban J connectivity index is 1.79. The number of thioether (sulfide) groups is 1. The number of aryl methyl sites for hydroxylation is 1. The van der Waals surface area contributed by atoms with Gasteiger partial charge in [-0.25, -0.2) is 0 Å². The molecule has 0 saturated carbocycles. The van der Waals surface area contributed by atoms with E-state index in [1.54, 1.807) is 52.3 Å². The molecule has 0 radical (unpaired) electrons. The molecule has 0 saturated heterocycles. The number of methoxy groups -OCH3 is 4. The van der Waals surface area contributed by atoms with E-state index >= 15 is 0 Å². The van der Waals surface area contributed by atoms with Gasteiger partial charge in [0.2, 0.25) is 23.0 Å². The van der Waals surface area contributed by atoms with E-state index in [0.717, 1.165) is 22.4 Å². The van der Waals surface area contributed by atoms with Gasteiger partial charge in [0.25, 0.3) is 0 Å². The lowest BCUT2D eigenvalue weighted by molar-refractivity contribution is -0.123.